The van der Waals surface area contributed by atoms with Gasteiger partial charge in [0.1, 0.15) is 23.3 Å². The summed E-state index contributed by atoms with van der Waals surface area (Å²) < 4.78 is 19.8. The summed E-state index contributed by atoms with van der Waals surface area (Å²) in [5.74, 6) is 0.370. The molecular formula is C24H29FN4O3. The minimum absolute atomic E-state index is 0.0662. The SMILES string of the molecule is CC(C)(C)OC(=O)NC(c1ccc(CO)c(F)c1)C1CCN(c2ccc(C#N)cn2)CC1. The number of benzene rings is 1. The van der Waals surface area contributed by atoms with Crippen molar-refractivity contribution in [3.8, 4) is 6.07 Å². The summed E-state index contributed by atoms with van der Waals surface area (Å²) in [7, 11) is 0. The molecule has 2 heterocycles. The normalized spacial score (nSPS) is 15.7. The smallest absolute Gasteiger partial charge is 0.408 e. The van der Waals surface area contributed by atoms with E-state index in [4.69, 9.17) is 10.00 Å². The first-order chi connectivity index (χ1) is 15.2. The number of ether oxygens (including phenoxy) is 1. The first-order valence-corrected chi connectivity index (χ1v) is 10.7. The third kappa shape index (κ3) is 5.95. The van der Waals surface area contributed by atoms with E-state index in [2.05, 4.69) is 21.3 Å². The molecule has 32 heavy (non-hydrogen) atoms. The number of carbonyl (C=O) groups is 1. The number of halogens is 1. The first kappa shape index (κ1) is 23.5. The van der Waals surface area contributed by atoms with Gasteiger partial charge in [0.05, 0.1) is 18.2 Å². The van der Waals surface area contributed by atoms with E-state index in [1.54, 1.807) is 45.2 Å². The van der Waals surface area contributed by atoms with Crippen molar-refractivity contribution >= 4 is 11.9 Å². The van der Waals surface area contributed by atoms with Gasteiger partial charge in [-0.2, -0.15) is 5.26 Å². The minimum Gasteiger partial charge on any atom is -0.444 e. The van der Waals surface area contributed by atoms with Crippen LogP contribution in [-0.4, -0.2) is 34.9 Å². The quantitative estimate of drug-likeness (QED) is 0.727. The molecule has 1 fully saturated rings. The minimum atomic E-state index is -0.648. The number of amides is 1. The molecule has 1 saturated heterocycles. The molecule has 1 atom stereocenters. The number of carbonyl (C=O) groups excluding carboxylic acids is 1. The van der Waals surface area contributed by atoms with Crippen LogP contribution >= 0.6 is 0 Å². The highest BCUT2D eigenvalue weighted by molar-refractivity contribution is 5.68. The maximum Gasteiger partial charge on any atom is 0.408 e. The molecule has 1 aromatic heterocycles. The molecule has 2 aromatic rings. The van der Waals surface area contributed by atoms with Crippen molar-refractivity contribution in [3.05, 3.63) is 59.0 Å². The zero-order valence-electron chi connectivity index (χ0n) is 18.6. The highest BCUT2D eigenvalue weighted by Crippen LogP contribution is 2.33. The van der Waals surface area contributed by atoms with Gasteiger partial charge in [-0.15, -0.1) is 0 Å². The summed E-state index contributed by atoms with van der Waals surface area (Å²) in [4.78, 5) is 19.0. The van der Waals surface area contributed by atoms with Gasteiger partial charge in [-0.05, 0) is 63.3 Å². The zero-order valence-corrected chi connectivity index (χ0v) is 18.6. The van der Waals surface area contributed by atoms with Gasteiger partial charge < -0.3 is 20.1 Å². The number of nitriles is 1. The Morgan fingerprint density at radius 3 is 2.59 bits per heavy atom. The van der Waals surface area contributed by atoms with Crippen LogP contribution in [0.25, 0.3) is 0 Å². The van der Waals surface area contributed by atoms with Gasteiger partial charge in [0.2, 0.25) is 0 Å². The van der Waals surface area contributed by atoms with Crippen molar-refractivity contribution in [1.82, 2.24) is 10.3 Å². The van der Waals surface area contributed by atoms with Crippen molar-refractivity contribution < 1.29 is 19.0 Å². The Bertz CT molecular complexity index is 974. The van der Waals surface area contributed by atoms with E-state index >= 15 is 0 Å². The maximum atomic E-state index is 14.4. The number of pyridine rings is 1. The number of alkyl carbamates (subject to hydrolysis) is 1. The number of anilines is 1. The van der Waals surface area contributed by atoms with Crippen molar-refractivity contribution in [2.24, 2.45) is 5.92 Å². The second kappa shape index (κ2) is 9.96. The molecular weight excluding hydrogens is 411 g/mol. The Kier molecular flexibility index (Phi) is 7.31. The largest absolute Gasteiger partial charge is 0.444 e. The predicted molar refractivity (Wildman–Crippen MR) is 118 cm³/mol. The number of aromatic nitrogens is 1. The van der Waals surface area contributed by atoms with Gasteiger partial charge in [0, 0.05) is 24.8 Å². The fourth-order valence-corrected chi connectivity index (χ4v) is 3.89. The molecule has 1 amide bonds. The molecule has 0 bridgehead atoms. The molecule has 0 spiro atoms. The van der Waals surface area contributed by atoms with E-state index in [1.165, 1.54) is 6.07 Å². The van der Waals surface area contributed by atoms with E-state index in [0.717, 1.165) is 18.7 Å². The van der Waals surface area contributed by atoms with E-state index < -0.39 is 23.6 Å². The van der Waals surface area contributed by atoms with Crippen LogP contribution in [-0.2, 0) is 11.3 Å². The van der Waals surface area contributed by atoms with Crippen LogP contribution in [0, 0.1) is 23.1 Å². The Morgan fingerprint density at radius 2 is 2.06 bits per heavy atom. The van der Waals surface area contributed by atoms with Crippen molar-refractivity contribution in [2.75, 3.05) is 18.0 Å². The summed E-state index contributed by atoms with van der Waals surface area (Å²) in [6.45, 7) is 6.42. The average Bonchev–Trinajstić information content (AvgIpc) is 2.76. The van der Waals surface area contributed by atoms with Crippen molar-refractivity contribution in [1.29, 1.82) is 5.26 Å². The van der Waals surface area contributed by atoms with E-state index in [0.29, 0.717) is 24.2 Å². The highest BCUT2D eigenvalue weighted by Gasteiger charge is 2.31. The number of hydrogen-bond donors (Lipinski definition) is 2. The lowest BCUT2D eigenvalue weighted by atomic mass is 9.85. The fraction of sp³-hybridized carbons (Fsp3) is 0.458. The monoisotopic (exact) mass is 440 g/mol. The molecule has 170 valence electrons. The standard InChI is InChI=1S/C24H29FN4O3/c1-24(2,3)32-23(31)28-22(18-5-6-19(15-30)20(25)12-18)17-8-10-29(11-9-17)21-7-4-16(13-26)14-27-21/h4-7,12,14,17,22,30H,8-11,15H2,1-3H3,(H,28,31). The van der Waals surface area contributed by atoms with Gasteiger partial charge in [0.25, 0.3) is 0 Å². The summed E-state index contributed by atoms with van der Waals surface area (Å²) in [5.41, 5.74) is 0.719. The lowest BCUT2D eigenvalue weighted by molar-refractivity contribution is 0.0478. The fourth-order valence-electron chi connectivity index (χ4n) is 3.89. The van der Waals surface area contributed by atoms with Gasteiger partial charge in [-0.1, -0.05) is 12.1 Å². The number of nitrogens with zero attached hydrogens (tertiary/aromatic N) is 3. The summed E-state index contributed by atoms with van der Waals surface area (Å²) in [6.07, 6.45) is 2.52. The maximum absolute atomic E-state index is 14.4. The highest BCUT2D eigenvalue weighted by atomic mass is 19.1. The molecule has 1 unspecified atom stereocenters. The molecule has 8 heteroatoms. The second-order valence-electron chi connectivity index (χ2n) is 8.97. The Hall–Kier alpha value is -3.18. The number of nitrogens with one attached hydrogen (secondary N) is 1. The van der Waals surface area contributed by atoms with Crippen LogP contribution in [0.5, 0.6) is 0 Å². The van der Waals surface area contributed by atoms with Crippen LogP contribution in [0.3, 0.4) is 0 Å². The summed E-state index contributed by atoms with van der Waals surface area (Å²) in [6, 6.07) is 9.88. The molecule has 2 N–H and O–H groups in total. The summed E-state index contributed by atoms with van der Waals surface area (Å²) in [5, 5.41) is 21.2. The molecule has 0 aliphatic carbocycles. The number of rotatable bonds is 5. The number of aliphatic hydroxyl groups excluding tert-OH is 1. The number of hydrogen-bond acceptors (Lipinski definition) is 6. The van der Waals surface area contributed by atoms with Crippen molar-refractivity contribution in [3.63, 3.8) is 0 Å². The summed E-state index contributed by atoms with van der Waals surface area (Å²) >= 11 is 0. The third-order valence-electron chi connectivity index (χ3n) is 5.49. The molecule has 1 aliphatic heterocycles. The zero-order chi connectivity index (χ0) is 23.3. The molecule has 1 aliphatic rings. The van der Waals surface area contributed by atoms with Crippen LogP contribution in [0.2, 0.25) is 0 Å². The Morgan fingerprint density at radius 1 is 1.34 bits per heavy atom. The van der Waals surface area contributed by atoms with E-state index in [-0.39, 0.29) is 18.1 Å². The van der Waals surface area contributed by atoms with Gasteiger partial charge in [-0.25, -0.2) is 14.2 Å². The van der Waals surface area contributed by atoms with E-state index in [9.17, 15) is 14.3 Å². The molecule has 0 saturated carbocycles. The number of piperidine rings is 1. The van der Waals surface area contributed by atoms with Gasteiger partial charge >= 0.3 is 6.09 Å². The average molecular weight is 441 g/mol. The Balaban J connectivity index is 1.76. The lowest BCUT2D eigenvalue weighted by Gasteiger charge is -2.37. The van der Waals surface area contributed by atoms with Gasteiger partial charge in [-0.3, -0.25) is 0 Å². The van der Waals surface area contributed by atoms with Gasteiger partial charge in [0.15, 0.2) is 0 Å². The van der Waals surface area contributed by atoms with Crippen LogP contribution in [0.15, 0.2) is 36.5 Å². The molecule has 3 rings (SSSR count). The van der Waals surface area contributed by atoms with Crippen LogP contribution in [0.1, 0.15) is 56.3 Å². The second-order valence-corrected chi connectivity index (χ2v) is 8.97. The molecule has 0 radical (unpaired) electrons. The van der Waals surface area contributed by atoms with Crippen LogP contribution in [0.4, 0.5) is 15.0 Å². The molecule has 7 nitrogen and oxygen atoms in total. The first-order valence-electron chi connectivity index (χ1n) is 10.7. The van der Waals surface area contributed by atoms with E-state index in [1.807, 2.05) is 6.07 Å². The van der Waals surface area contributed by atoms with Crippen molar-refractivity contribution in [2.45, 2.75) is 51.9 Å². The van der Waals surface area contributed by atoms with Crippen LogP contribution < -0.4 is 10.2 Å². The lowest BCUT2D eigenvalue weighted by Crippen LogP contribution is -2.42. The Labute approximate surface area is 187 Å². The topological polar surface area (TPSA) is 98.5 Å². The predicted octanol–water partition coefficient (Wildman–Crippen LogP) is 4.07. The third-order valence-corrected chi connectivity index (χ3v) is 5.49. The molecule has 1 aromatic carbocycles. The number of aliphatic hydroxyl groups is 1.